The molecule has 1 amide bonds. The molecular formula is C23H30ClN3O. The highest BCUT2D eigenvalue weighted by atomic mass is 35.5. The van der Waals surface area contributed by atoms with Crippen LogP contribution in [0.5, 0.6) is 0 Å². The lowest BCUT2D eigenvalue weighted by molar-refractivity contribution is -0.121. The van der Waals surface area contributed by atoms with Crippen molar-refractivity contribution in [1.29, 1.82) is 0 Å². The second-order valence-corrected chi connectivity index (χ2v) is 7.81. The van der Waals surface area contributed by atoms with Crippen LogP contribution in [0.2, 0.25) is 0 Å². The molecule has 2 aromatic carbocycles. The average Bonchev–Trinajstić information content (AvgIpc) is 2.73. The maximum atomic E-state index is 12.1. The Balaban J connectivity index is 1.61. The average molecular weight is 400 g/mol. The van der Waals surface area contributed by atoms with Crippen molar-refractivity contribution in [3.8, 4) is 0 Å². The fourth-order valence-corrected chi connectivity index (χ4v) is 3.84. The number of carbonyl (C=O) groups is 1. The van der Waals surface area contributed by atoms with E-state index in [1.165, 1.54) is 11.1 Å². The van der Waals surface area contributed by atoms with Gasteiger partial charge in [-0.1, -0.05) is 60.7 Å². The Labute approximate surface area is 173 Å². The molecule has 0 aliphatic carbocycles. The molecular weight excluding hydrogens is 370 g/mol. The Hall–Kier alpha value is -1.88. The van der Waals surface area contributed by atoms with Crippen molar-refractivity contribution in [2.24, 2.45) is 0 Å². The van der Waals surface area contributed by atoms with Gasteiger partial charge in [0.25, 0.3) is 0 Å². The topological polar surface area (TPSA) is 35.6 Å². The van der Waals surface area contributed by atoms with Gasteiger partial charge >= 0.3 is 0 Å². The fourth-order valence-electron chi connectivity index (χ4n) is 3.71. The van der Waals surface area contributed by atoms with Crippen LogP contribution in [-0.4, -0.2) is 53.8 Å². The Morgan fingerprint density at radius 2 is 1.61 bits per heavy atom. The van der Waals surface area contributed by atoms with Gasteiger partial charge in [0.05, 0.1) is 0 Å². The smallest absolute Gasteiger partial charge is 0.220 e. The molecule has 1 saturated heterocycles. The summed E-state index contributed by atoms with van der Waals surface area (Å²) in [6.45, 7) is 5.55. The van der Waals surface area contributed by atoms with E-state index in [2.05, 4.69) is 75.8 Å². The van der Waals surface area contributed by atoms with E-state index in [1.54, 1.807) is 0 Å². The second kappa shape index (κ2) is 11.2. The quantitative estimate of drug-likeness (QED) is 0.655. The highest BCUT2D eigenvalue weighted by Gasteiger charge is 2.27. The summed E-state index contributed by atoms with van der Waals surface area (Å²) in [7, 11) is 0. The maximum Gasteiger partial charge on any atom is 0.220 e. The van der Waals surface area contributed by atoms with Crippen LogP contribution in [0.3, 0.4) is 0 Å². The number of hydrogen-bond donors (Lipinski definition) is 1. The van der Waals surface area contributed by atoms with Crippen molar-refractivity contribution < 1.29 is 4.79 Å². The minimum atomic E-state index is 0.0977. The van der Waals surface area contributed by atoms with Crippen LogP contribution < -0.4 is 5.32 Å². The summed E-state index contributed by atoms with van der Waals surface area (Å²) in [5.41, 5.74) is 2.65. The number of hydrogen-bond acceptors (Lipinski definition) is 3. The van der Waals surface area contributed by atoms with Gasteiger partial charge in [0.2, 0.25) is 5.91 Å². The summed E-state index contributed by atoms with van der Waals surface area (Å²) in [5.74, 6) is 0.627. The lowest BCUT2D eigenvalue weighted by Crippen LogP contribution is -2.56. The first-order valence-corrected chi connectivity index (χ1v) is 10.6. The Bertz CT molecular complexity index is 710. The molecule has 1 atom stereocenters. The van der Waals surface area contributed by atoms with Crippen LogP contribution in [0.25, 0.3) is 0 Å². The number of amides is 1. The summed E-state index contributed by atoms with van der Waals surface area (Å²) in [6.07, 6.45) is 1.23. The standard InChI is InChI=1S/C23H30ClN3O/c24-13-7-12-23(28)25-16-22-19-26(17-20-8-3-1-4-9-20)14-15-27(22)18-21-10-5-2-6-11-21/h1-6,8-11,22H,7,12-19H2,(H,25,28). The van der Waals surface area contributed by atoms with Gasteiger partial charge in [0.1, 0.15) is 0 Å². The van der Waals surface area contributed by atoms with Gasteiger partial charge in [-0.25, -0.2) is 0 Å². The summed E-state index contributed by atoms with van der Waals surface area (Å²) in [4.78, 5) is 17.1. The molecule has 0 aromatic heterocycles. The molecule has 0 spiro atoms. The van der Waals surface area contributed by atoms with Gasteiger partial charge in [-0.3, -0.25) is 14.6 Å². The van der Waals surface area contributed by atoms with Crippen molar-refractivity contribution in [2.45, 2.75) is 32.0 Å². The van der Waals surface area contributed by atoms with E-state index in [4.69, 9.17) is 11.6 Å². The number of halogens is 1. The molecule has 3 rings (SSSR count). The first kappa shape index (κ1) is 20.8. The molecule has 1 N–H and O–H groups in total. The molecule has 0 bridgehead atoms. The van der Waals surface area contributed by atoms with Gasteiger partial charge in [-0.05, 0) is 17.5 Å². The van der Waals surface area contributed by atoms with Crippen molar-refractivity contribution in [2.75, 3.05) is 32.1 Å². The van der Waals surface area contributed by atoms with Crippen LogP contribution in [0.15, 0.2) is 60.7 Å². The van der Waals surface area contributed by atoms with E-state index >= 15 is 0 Å². The largest absolute Gasteiger partial charge is 0.354 e. The van der Waals surface area contributed by atoms with Crippen LogP contribution in [0.4, 0.5) is 0 Å². The van der Waals surface area contributed by atoms with E-state index < -0.39 is 0 Å². The molecule has 1 unspecified atom stereocenters. The van der Waals surface area contributed by atoms with Gasteiger partial charge in [0.15, 0.2) is 0 Å². The first-order chi connectivity index (χ1) is 13.7. The molecule has 5 heteroatoms. The maximum absolute atomic E-state index is 12.1. The SMILES string of the molecule is O=C(CCCCl)NCC1CN(Cc2ccccc2)CCN1Cc1ccccc1. The third kappa shape index (κ3) is 6.62. The number of nitrogens with zero attached hydrogens (tertiary/aromatic N) is 2. The molecule has 2 aromatic rings. The zero-order valence-corrected chi connectivity index (χ0v) is 17.2. The summed E-state index contributed by atoms with van der Waals surface area (Å²) in [5, 5.41) is 3.12. The van der Waals surface area contributed by atoms with Gasteiger partial charge in [-0.2, -0.15) is 0 Å². The van der Waals surface area contributed by atoms with Crippen molar-refractivity contribution >= 4 is 17.5 Å². The van der Waals surface area contributed by atoms with Crippen LogP contribution >= 0.6 is 11.6 Å². The normalized spacial score (nSPS) is 18.1. The monoisotopic (exact) mass is 399 g/mol. The van der Waals surface area contributed by atoms with Crippen molar-refractivity contribution in [3.63, 3.8) is 0 Å². The van der Waals surface area contributed by atoms with Crippen LogP contribution in [0.1, 0.15) is 24.0 Å². The summed E-state index contributed by atoms with van der Waals surface area (Å²) >= 11 is 5.71. The molecule has 1 aliphatic heterocycles. The number of rotatable bonds is 9. The van der Waals surface area contributed by atoms with Gasteiger partial charge in [0, 0.05) is 57.6 Å². The minimum Gasteiger partial charge on any atom is -0.354 e. The van der Waals surface area contributed by atoms with Crippen LogP contribution in [0, 0.1) is 0 Å². The highest BCUT2D eigenvalue weighted by Crippen LogP contribution is 2.16. The fraction of sp³-hybridized carbons (Fsp3) is 0.435. The molecule has 0 saturated carbocycles. The van der Waals surface area contributed by atoms with E-state index in [9.17, 15) is 4.79 Å². The third-order valence-electron chi connectivity index (χ3n) is 5.24. The Kier molecular flexibility index (Phi) is 8.34. The number of nitrogens with one attached hydrogen (secondary N) is 1. The number of alkyl halides is 1. The number of benzene rings is 2. The summed E-state index contributed by atoms with van der Waals surface area (Å²) in [6, 6.07) is 21.5. The molecule has 4 nitrogen and oxygen atoms in total. The molecule has 150 valence electrons. The predicted molar refractivity (Wildman–Crippen MR) is 115 cm³/mol. The van der Waals surface area contributed by atoms with Crippen molar-refractivity contribution in [1.82, 2.24) is 15.1 Å². The molecule has 0 radical (unpaired) electrons. The van der Waals surface area contributed by atoms with E-state index in [-0.39, 0.29) is 5.91 Å². The summed E-state index contributed by atoms with van der Waals surface area (Å²) < 4.78 is 0. The lowest BCUT2D eigenvalue weighted by Gasteiger charge is -2.41. The van der Waals surface area contributed by atoms with Gasteiger partial charge in [-0.15, -0.1) is 11.6 Å². The predicted octanol–water partition coefficient (Wildman–Crippen LogP) is 3.51. The Morgan fingerprint density at radius 1 is 0.964 bits per heavy atom. The van der Waals surface area contributed by atoms with Crippen LogP contribution in [-0.2, 0) is 17.9 Å². The Morgan fingerprint density at radius 3 is 2.25 bits per heavy atom. The van der Waals surface area contributed by atoms with E-state index in [0.29, 0.717) is 24.9 Å². The van der Waals surface area contributed by atoms with E-state index in [0.717, 1.165) is 39.1 Å². The zero-order valence-electron chi connectivity index (χ0n) is 16.4. The van der Waals surface area contributed by atoms with Gasteiger partial charge < -0.3 is 5.32 Å². The number of carbonyl (C=O) groups excluding carboxylic acids is 1. The number of piperazine rings is 1. The second-order valence-electron chi connectivity index (χ2n) is 7.43. The zero-order chi connectivity index (χ0) is 19.6. The highest BCUT2D eigenvalue weighted by molar-refractivity contribution is 6.17. The van der Waals surface area contributed by atoms with E-state index in [1.807, 2.05) is 0 Å². The lowest BCUT2D eigenvalue weighted by atomic mass is 10.1. The first-order valence-electron chi connectivity index (χ1n) is 10.1. The third-order valence-corrected chi connectivity index (χ3v) is 5.51. The molecule has 1 fully saturated rings. The molecule has 28 heavy (non-hydrogen) atoms. The molecule has 1 heterocycles. The van der Waals surface area contributed by atoms with Crippen molar-refractivity contribution in [3.05, 3.63) is 71.8 Å². The molecule has 1 aliphatic rings. The minimum absolute atomic E-state index is 0.0977.